The van der Waals surface area contributed by atoms with Gasteiger partial charge in [0.15, 0.2) is 11.5 Å². The third-order valence-corrected chi connectivity index (χ3v) is 5.90. The maximum atomic E-state index is 11.9. The molecule has 0 aromatic heterocycles. The number of hydrogen-bond donors (Lipinski definition) is 2. The molecule has 0 atom stereocenters. The standard InChI is InChI=1S/C26H14O4/c27-23-21-11-19-9-17-7-15-5-13-3-1-2-4-14(13)6-16(15)8-18(17)10-20(19)12-22(21)24(28)26(30)25(23)29/h1-12,27-28H. The average Bonchev–Trinajstić information content (AvgIpc) is 2.76. The van der Waals surface area contributed by atoms with Crippen molar-refractivity contribution in [1.29, 1.82) is 0 Å². The molecule has 0 fully saturated rings. The van der Waals surface area contributed by atoms with Crippen LogP contribution in [0.2, 0.25) is 0 Å². The zero-order valence-corrected chi connectivity index (χ0v) is 15.6. The van der Waals surface area contributed by atoms with Gasteiger partial charge in [0.2, 0.25) is 0 Å². The van der Waals surface area contributed by atoms with E-state index >= 15 is 0 Å². The van der Waals surface area contributed by atoms with E-state index in [1.54, 1.807) is 12.1 Å². The Morgan fingerprint density at radius 2 is 0.733 bits per heavy atom. The van der Waals surface area contributed by atoms with Crippen LogP contribution in [0.5, 0.6) is 0 Å². The smallest absolute Gasteiger partial charge is 0.271 e. The number of fused-ring (bicyclic) bond motifs is 5. The molecule has 4 nitrogen and oxygen atoms in total. The van der Waals surface area contributed by atoms with E-state index in [9.17, 15) is 19.8 Å². The first kappa shape index (κ1) is 16.7. The fourth-order valence-electron chi connectivity index (χ4n) is 4.35. The van der Waals surface area contributed by atoms with Crippen LogP contribution >= 0.6 is 0 Å². The van der Waals surface area contributed by atoms with E-state index in [-0.39, 0.29) is 10.4 Å². The summed E-state index contributed by atoms with van der Waals surface area (Å²) in [6.45, 7) is 0. The Hall–Kier alpha value is -4.18. The maximum absolute atomic E-state index is 11.9. The molecule has 1 aliphatic carbocycles. The van der Waals surface area contributed by atoms with Crippen LogP contribution in [0.25, 0.3) is 54.6 Å². The third-order valence-electron chi connectivity index (χ3n) is 5.90. The molecule has 0 saturated heterocycles. The van der Waals surface area contributed by atoms with Crippen LogP contribution < -0.4 is 10.4 Å². The molecular formula is C26H14O4. The molecule has 0 aliphatic heterocycles. The van der Waals surface area contributed by atoms with Gasteiger partial charge in [0.25, 0.3) is 11.6 Å². The van der Waals surface area contributed by atoms with Gasteiger partial charge in [-0.25, -0.2) is 0 Å². The lowest BCUT2D eigenvalue weighted by Crippen LogP contribution is -2.40. The highest BCUT2D eigenvalue weighted by atomic mass is 16.3. The summed E-state index contributed by atoms with van der Waals surface area (Å²) < 4.78 is 0. The molecule has 0 spiro atoms. The Kier molecular flexibility index (Phi) is 3.17. The van der Waals surface area contributed by atoms with Gasteiger partial charge in [-0.2, -0.15) is 0 Å². The first-order chi connectivity index (χ1) is 14.5. The molecule has 1 aliphatic rings. The van der Waals surface area contributed by atoms with E-state index < -0.39 is 23.1 Å². The number of hydrogen-bond acceptors (Lipinski definition) is 4. The number of aliphatic hydroxyl groups excluding tert-OH is 2. The van der Waals surface area contributed by atoms with Crippen molar-refractivity contribution in [3.8, 4) is 0 Å². The number of ketones is 2. The highest BCUT2D eigenvalue weighted by molar-refractivity contribution is 6.61. The van der Waals surface area contributed by atoms with E-state index in [1.165, 1.54) is 10.8 Å². The summed E-state index contributed by atoms with van der Waals surface area (Å²) in [5.41, 5.74) is 0. The fourth-order valence-corrected chi connectivity index (χ4v) is 4.35. The second-order valence-electron chi connectivity index (χ2n) is 7.70. The Balaban J connectivity index is 1.73. The molecule has 0 heterocycles. The number of benzene rings is 5. The highest BCUT2D eigenvalue weighted by Gasteiger charge is 2.28. The Morgan fingerprint density at radius 3 is 1.10 bits per heavy atom. The van der Waals surface area contributed by atoms with Gasteiger partial charge in [0, 0.05) is 10.4 Å². The van der Waals surface area contributed by atoms with Crippen LogP contribution in [0.4, 0.5) is 0 Å². The summed E-state index contributed by atoms with van der Waals surface area (Å²) in [4.78, 5) is 23.8. The minimum Gasteiger partial charge on any atom is -0.504 e. The first-order valence-electron chi connectivity index (χ1n) is 9.55. The van der Waals surface area contributed by atoms with Crippen molar-refractivity contribution in [3.63, 3.8) is 0 Å². The van der Waals surface area contributed by atoms with E-state index in [4.69, 9.17) is 0 Å². The summed E-state index contributed by atoms with van der Waals surface area (Å²) in [5, 5.41) is 28.9. The zero-order valence-electron chi connectivity index (χ0n) is 15.6. The van der Waals surface area contributed by atoms with Crippen molar-refractivity contribution in [3.05, 3.63) is 83.2 Å². The Bertz CT molecular complexity index is 1610. The van der Waals surface area contributed by atoms with Crippen molar-refractivity contribution in [2.45, 2.75) is 0 Å². The second-order valence-corrected chi connectivity index (χ2v) is 7.70. The Morgan fingerprint density at radius 1 is 0.433 bits per heavy atom. The predicted octanol–water partition coefficient (Wildman–Crippen LogP) is 3.78. The molecule has 2 N–H and O–H groups in total. The van der Waals surface area contributed by atoms with Gasteiger partial charge >= 0.3 is 0 Å². The molecule has 142 valence electrons. The number of aliphatic hydroxyl groups is 2. The third kappa shape index (κ3) is 2.22. The normalized spacial score (nSPS) is 14.3. The van der Waals surface area contributed by atoms with Gasteiger partial charge in [-0.05, 0) is 91.6 Å². The molecule has 6 rings (SSSR count). The average molecular weight is 390 g/mol. The van der Waals surface area contributed by atoms with Crippen LogP contribution in [0.15, 0.2) is 72.8 Å². The quantitative estimate of drug-likeness (QED) is 0.312. The van der Waals surface area contributed by atoms with Crippen LogP contribution in [0.1, 0.15) is 0 Å². The van der Waals surface area contributed by atoms with Crippen molar-refractivity contribution < 1.29 is 19.8 Å². The highest BCUT2D eigenvalue weighted by Crippen LogP contribution is 2.29. The minimum absolute atomic E-state index is 0.177. The van der Waals surface area contributed by atoms with E-state index in [1.807, 2.05) is 24.3 Å². The number of carbonyl (C=O) groups is 2. The van der Waals surface area contributed by atoms with Gasteiger partial charge in [0.05, 0.1) is 0 Å². The summed E-state index contributed by atoms with van der Waals surface area (Å²) in [5.74, 6) is -3.42. The molecule has 0 radical (unpaired) electrons. The predicted molar refractivity (Wildman–Crippen MR) is 118 cm³/mol. The molecule has 0 saturated carbocycles. The molecule has 0 amide bonds. The summed E-state index contributed by atoms with van der Waals surface area (Å²) >= 11 is 0. The lowest BCUT2D eigenvalue weighted by atomic mass is 9.95. The van der Waals surface area contributed by atoms with Crippen molar-refractivity contribution in [1.82, 2.24) is 0 Å². The fraction of sp³-hybridized carbons (Fsp3) is 0. The van der Waals surface area contributed by atoms with Gasteiger partial charge < -0.3 is 10.2 Å². The maximum Gasteiger partial charge on any atom is 0.271 e. The lowest BCUT2D eigenvalue weighted by Gasteiger charge is -2.10. The van der Waals surface area contributed by atoms with Crippen LogP contribution in [0.3, 0.4) is 0 Å². The van der Waals surface area contributed by atoms with Crippen LogP contribution in [-0.2, 0) is 9.59 Å². The van der Waals surface area contributed by atoms with E-state index in [0.29, 0.717) is 0 Å². The lowest BCUT2D eigenvalue weighted by molar-refractivity contribution is -0.131. The van der Waals surface area contributed by atoms with Gasteiger partial charge in [-0.15, -0.1) is 0 Å². The molecule has 0 bridgehead atoms. The van der Waals surface area contributed by atoms with Gasteiger partial charge in [-0.3, -0.25) is 9.59 Å². The first-order valence-corrected chi connectivity index (χ1v) is 9.55. The number of rotatable bonds is 0. The van der Waals surface area contributed by atoms with Crippen LogP contribution in [-0.4, -0.2) is 21.8 Å². The number of carbonyl (C=O) groups excluding carboxylic acids is 2. The second kappa shape index (κ2) is 5.67. The van der Waals surface area contributed by atoms with Crippen LogP contribution in [0, 0.1) is 0 Å². The van der Waals surface area contributed by atoms with Crippen molar-refractivity contribution in [2.75, 3.05) is 0 Å². The molecular weight excluding hydrogens is 376 g/mol. The molecule has 5 aromatic carbocycles. The minimum atomic E-state index is -1.09. The molecule has 30 heavy (non-hydrogen) atoms. The van der Waals surface area contributed by atoms with Crippen molar-refractivity contribution >= 4 is 66.2 Å². The molecule has 4 heteroatoms. The van der Waals surface area contributed by atoms with Gasteiger partial charge in [0.1, 0.15) is 0 Å². The van der Waals surface area contributed by atoms with E-state index in [0.717, 1.165) is 32.3 Å². The molecule has 0 unspecified atom stereocenters. The number of Topliss-reactive ketones (excluding diaryl/α,β-unsaturated/α-hetero) is 2. The van der Waals surface area contributed by atoms with E-state index in [2.05, 4.69) is 36.4 Å². The monoisotopic (exact) mass is 390 g/mol. The largest absolute Gasteiger partial charge is 0.504 e. The molecule has 5 aromatic rings. The topological polar surface area (TPSA) is 74.6 Å². The summed E-state index contributed by atoms with van der Waals surface area (Å²) in [6, 6.07) is 24.1. The SMILES string of the molecule is O=C1C(=O)C(O)=c2cc3cc4cc5cc6ccccc6cc5cc4cc3cc2=C1O. The zero-order chi connectivity index (χ0) is 20.6. The van der Waals surface area contributed by atoms with Gasteiger partial charge in [-0.1, -0.05) is 24.3 Å². The Labute approximate surface area is 169 Å². The van der Waals surface area contributed by atoms with Crippen molar-refractivity contribution in [2.24, 2.45) is 0 Å². The summed E-state index contributed by atoms with van der Waals surface area (Å²) in [6.07, 6.45) is 0. The summed E-state index contributed by atoms with van der Waals surface area (Å²) in [7, 11) is 0.